The number of rotatable bonds is 5. The molecule has 2 rings (SSSR count). The first-order valence-corrected chi connectivity index (χ1v) is 6.86. The largest absolute Gasteiger partial charge is 0.497 e. The average molecular weight is 262 g/mol. The Balaban J connectivity index is 1.91. The van der Waals surface area contributed by atoms with E-state index in [0.29, 0.717) is 18.9 Å². The van der Waals surface area contributed by atoms with Gasteiger partial charge in [0.05, 0.1) is 7.11 Å². The SMILES string of the molecule is COc1ccc(C2CCN(C(=O)CCCN)C2)cc1. The van der Waals surface area contributed by atoms with Crippen molar-refractivity contribution in [3.63, 3.8) is 0 Å². The van der Waals surface area contributed by atoms with Crippen molar-refractivity contribution in [2.75, 3.05) is 26.7 Å². The van der Waals surface area contributed by atoms with Crippen LogP contribution in [0.3, 0.4) is 0 Å². The number of carbonyl (C=O) groups excluding carboxylic acids is 1. The van der Waals surface area contributed by atoms with Gasteiger partial charge in [0, 0.05) is 25.4 Å². The van der Waals surface area contributed by atoms with Gasteiger partial charge in [-0.3, -0.25) is 4.79 Å². The van der Waals surface area contributed by atoms with Crippen LogP contribution in [-0.4, -0.2) is 37.6 Å². The van der Waals surface area contributed by atoms with Crippen molar-refractivity contribution >= 4 is 5.91 Å². The molecule has 1 unspecified atom stereocenters. The van der Waals surface area contributed by atoms with E-state index in [1.165, 1.54) is 5.56 Å². The van der Waals surface area contributed by atoms with Crippen LogP contribution in [-0.2, 0) is 4.79 Å². The molecule has 1 atom stereocenters. The maximum atomic E-state index is 11.9. The third kappa shape index (κ3) is 3.47. The van der Waals surface area contributed by atoms with E-state index >= 15 is 0 Å². The Hall–Kier alpha value is -1.55. The first-order valence-electron chi connectivity index (χ1n) is 6.86. The molecule has 1 saturated heterocycles. The van der Waals surface area contributed by atoms with Gasteiger partial charge in [-0.2, -0.15) is 0 Å². The van der Waals surface area contributed by atoms with Crippen LogP contribution in [0.25, 0.3) is 0 Å². The fraction of sp³-hybridized carbons (Fsp3) is 0.533. The minimum Gasteiger partial charge on any atom is -0.497 e. The number of likely N-dealkylation sites (tertiary alicyclic amines) is 1. The Kier molecular flexibility index (Phi) is 4.80. The summed E-state index contributed by atoms with van der Waals surface area (Å²) in [6, 6.07) is 8.15. The van der Waals surface area contributed by atoms with Crippen LogP contribution in [0.5, 0.6) is 5.75 Å². The van der Waals surface area contributed by atoms with Crippen LogP contribution in [0.15, 0.2) is 24.3 Å². The summed E-state index contributed by atoms with van der Waals surface area (Å²) in [5.74, 6) is 1.56. The van der Waals surface area contributed by atoms with Gasteiger partial charge in [0.25, 0.3) is 0 Å². The molecule has 0 saturated carbocycles. The summed E-state index contributed by atoms with van der Waals surface area (Å²) in [5.41, 5.74) is 6.73. The lowest BCUT2D eigenvalue weighted by atomic mass is 9.98. The van der Waals surface area contributed by atoms with Crippen LogP contribution in [0, 0.1) is 0 Å². The van der Waals surface area contributed by atoms with Crippen LogP contribution in [0.1, 0.15) is 30.7 Å². The predicted octanol–water partition coefficient (Wildman–Crippen LogP) is 1.75. The summed E-state index contributed by atoms with van der Waals surface area (Å²) in [5, 5.41) is 0. The third-order valence-electron chi connectivity index (χ3n) is 3.72. The fourth-order valence-electron chi connectivity index (χ4n) is 2.55. The van der Waals surface area contributed by atoms with Gasteiger partial charge in [0.1, 0.15) is 5.75 Å². The van der Waals surface area contributed by atoms with Crippen LogP contribution in [0.2, 0.25) is 0 Å². The Morgan fingerprint density at radius 3 is 2.79 bits per heavy atom. The summed E-state index contributed by atoms with van der Waals surface area (Å²) in [6.07, 6.45) is 2.40. The van der Waals surface area contributed by atoms with Crippen LogP contribution in [0.4, 0.5) is 0 Å². The molecule has 104 valence electrons. The van der Waals surface area contributed by atoms with E-state index in [1.807, 2.05) is 17.0 Å². The van der Waals surface area contributed by atoms with Gasteiger partial charge < -0.3 is 15.4 Å². The third-order valence-corrected chi connectivity index (χ3v) is 3.72. The highest BCUT2D eigenvalue weighted by Gasteiger charge is 2.26. The van der Waals surface area contributed by atoms with Crippen molar-refractivity contribution in [3.05, 3.63) is 29.8 Å². The van der Waals surface area contributed by atoms with Gasteiger partial charge in [-0.15, -0.1) is 0 Å². The summed E-state index contributed by atoms with van der Waals surface area (Å²) in [6.45, 7) is 2.28. The summed E-state index contributed by atoms with van der Waals surface area (Å²) < 4.78 is 5.16. The lowest BCUT2D eigenvalue weighted by molar-refractivity contribution is -0.130. The molecule has 1 aromatic carbocycles. The van der Waals surface area contributed by atoms with E-state index in [1.54, 1.807) is 7.11 Å². The van der Waals surface area contributed by atoms with Gasteiger partial charge in [-0.25, -0.2) is 0 Å². The molecule has 1 aliphatic rings. The molecule has 2 N–H and O–H groups in total. The molecule has 0 aromatic heterocycles. The lowest BCUT2D eigenvalue weighted by Gasteiger charge is -2.16. The molecule has 0 radical (unpaired) electrons. The molecule has 1 aromatic rings. The van der Waals surface area contributed by atoms with Gasteiger partial charge in [-0.05, 0) is 37.1 Å². The molecule has 1 amide bonds. The Labute approximate surface area is 114 Å². The van der Waals surface area contributed by atoms with Crippen LogP contribution >= 0.6 is 0 Å². The van der Waals surface area contributed by atoms with Crippen LogP contribution < -0.4 is 10.5 Å². The lowest BCUT2D eigenvalue weighted by Crippen LogP contribution is -2.28. The van der Waals surface area contributed by atoms with Crippen molar-refractivity contribution in [2.45, 2.75) is 25.2 Å². The molecular weight excluding hydrogens is 240 g/mol. The summed E-state index contributed by atoms with van der Waals surface area (Å²) in [7, 11) is 1.67. The second-order valence-corrected chi connectivity index (χ2v) is 4.99. The average Bonchev–Trinajstić information content (AvgIpc) is 2.94. The molecule has 0 spiro atoms. The number of carbonyl (C=O) groups is 1. The highest BCUT2D eigenvalue weighted by Crippen LogP contribution is 2.28. The topological polar surface area (TPSA) is 55.6 Å². The number of amides is 1. The van der Waals surface area contributed by atoms with Crippen molar-refractivity contribution in [1.29, 1.82) is 0 Å². The quantitative estimate of drug-likeness (QED) is 0.879. The first-order chi connectivity index (χ1) is 9.24. The second-order valence-electron chi connectivity index (χ2n) is 4.99. The van der Waals surface area contributed by atoms with E-state index in [2.05, 4.69) is 12.1 Å². The predicted molar refractivity (Wildman–Crippen MR) is 75.2 cm³/mol. The summed E-state index contributed by atoms with van der Waals surface area (Å²) in [4.78, 5) is 13.9. The van der Waals surface area contributed by atoms with E-state index in [0.717, 1.165) is 31.7 Å². The van der Waals surface area contributed by atoms with Crippen molar-refractivity contribution in [2.24, 2.45) is 5.73 Å². The molecule has 0 bridgehead atoms. The molecule has 0 aliphatic carbocycles. The number of methoxy groups -OCH3 is 1. The second kappa shape index (κ2) is 6.57. The highest BCUT2D eigenvalue weighted by molar-refractivity contribution is 5.76. The van der Waals surface area contributed by atoms with Crippen molar-refractivity contribution < 1.29 is 9.53 Å². The molecular formula is C15H22N2O2. The number of hydrogen-bond acceptors (Lipinski definition) is 3. The number of benzene rings is 1. The number of nitrogens with two attached hydrogens (primary N) is 1. The zero-order valence-electron chi connectivity index (χ0n) is 11.5. The molecule has 1 fully saturated rings. The van der Waals surface area contributed by atoms with E-state index < -0.39 is 0 Å². The minimum atomic E-state index is 0.237. The Morgan fingerprint density at radius 2 is 2.16 bits per heavy atom. The van der Waals surface area contributed by atoms with Gasteiger partial charge in [0.2, 0.25) is 5.91 Å². The minimum absolute atomic E-state index is 0.237. The number of ether oxygens (including phenoxy) is 1. The van der Waals surface area contributed by atoms with Gasteiger partial charge in [0.15, 0.2) is 0 Å². The maximum Gasteiger partial charge on any atom is 0.222 e. The number of nitrogens with zero attached hydrogens (tertiary/aromatic N) is 1. The molecule has 19 heavy (non-hydrogen) atoms. The Morgan fingerprint density at radius 1 is 1.42 bits per heavy atom. The molecule has 1 aliphatic heterocycles. The zero-order valence-corrected chi connectivity index (χ0v) is 11.5. The highest BCUT2D eigenvalue weighted by atomic mass is 16.5. The van der Waals surface area contributed by atoms with Gasteiger partial charge in [-0.1, -0.05) is 12.1 Å². The van der Waals surface area contributed by atoms with E-state index in [9.17, 15) is 4.79 Å². The standard InChI is InChI=1S/C15H22N2O2/c1-19-14-6-4-12(5-7-14)13-8-10-17(11-13)15(18)3-2-9-16/h4-7,13H,2-3,8-11,16H2,1H3. The maximum absolute atomic E-state index is 11.9. The zero-order chi connectivity index (χ0) is 13.7. The molecule has 4 nitrogen and oxygen atoms in total. The normalized spacial score (nSPS) is 18.6. The van der Waals surface area contributed by atoms with E-state index in [4.69, 9.17) is 10.5 Å². The molecule has 4 heteroatoms. The monoisotopic (exact) mass is 262 g/mol. The smallest absolute Gasteiger partial charge is 0.222 e. The molecule has 1 heterocycles. The summed E-state index contributed by atoms with van der Waals surface area (Å²) >= 11 is 0. The van der Waals surface area contributed by atoms with Crippen molar-refractivity contribution in [3.8, 4) is 5.75 Å². The Bertz CT molecular complexity index is 417. The van der Waals surface area contributed by atoms with Crippen molar-refractivity contribution in [1.82, 2.24) is 4.90 Å². The number of hydrogen-bond donors (Lipinski definition) is 1. The fourth-order valence-corrected chi connectivity index (χ4v) is 2.55. The van der Waals surface area contributed by atoms with Gasteiger partial charge >= 0.3 is 0 Å². The first kappa shape index (κ1) is 13.9. The van der Waals surface area contributed by atoms with E-state index in [-0.39, 0.29) is 5.91 Å².